The summed E-state index contributed by atoms with van der Waals surface area (Å²) in [7, 11) is 0. The quantitative estimate of drug-likeness (QED) is 0.450. The maximum absolute atomic E-state index is 14.0. The lowest BCUT2D eigenvalue weighted by molar-refractivity contribution is -0.142. The van der Waals surface area contributed by atoms with Gasteiger partial charge in [0.1, 0.15) is 6.04 Å². The van der Waals surface area contributed by atoms with Crippen molar-refractivity contribution in [3.63, 3.8) is 0 Å². The van der Waals surface area contributed by atoms with Crippen LogP contribution in [0.5, 0.6) is 5.75 Å². The van der Waals surface area contributed by atoms with E-state index in [0.29, 0.717) is 13.0 Å². The van der Waals surface area contributed by atoms with Gasteiger partial charge >= 0.3 is 0 Å². The first-order valence-electron chi connectivity index (χ1n) is 11.5. The Kier molecular flexibility index (Phi) is 9.21. The van der Waals surface area contributed by atoms with Gasteiger partial charge in [0, 0.05) is 19.5 Å². The molecule has 178 valence electrons. The second-order valence-corrected chi connectivity index (χ2v) is 8.16. The molecule has 1 N–H and O–H groups in total. The number of hydrogen-bond acceptors (Lipinski definition) is 3. The SMILES string of the molecule is CCCNC(=O)[C@@H](Cc1ccccc1)N(Cc1ccccc1C)C(=O)COc1ccccc1F. The van der Waals surface area contributed by atoms with Crippen LogP contribution >= 0.6 is 0 Å². The third kappa shape index (κ3) is 6.91. The lowest BCUT2D eigenvalue weighted by Crippen LogP contribution is -2.51. The van der Waals surface area contributed by atoms with Crippen LogP contribution in [0.3, 0.4) is 0 Å². The molecule has 3 aromatic rings. The van der Waals surface area contributed by atoms with E-state index in [2.05, 4.69) is 5.32 Å². The Balaban J connectivity index is 1.91. The molecule has 0 saturated heterocycles. The van der Waals surface area contributed by atoms with E-state index in [1.807, 2.05) is 68.4 Å². The van der Waals surface area contributed by atoms with Crippen molar-refractivity contribution in [2.45, 2.75) is 39.3 Å². The Morgan fingerprint density at radius 2 is 1.65 bits per heavy atom. The lowest BCUT2D eigenvalue weighted by atomic mass is 10.0. The summed E-state index contributed by atoms with van der Waals surface area (Å²) < 4.78 is 19.6. The van der Waals surface area contributed by atoms with Gasteiger partial charge in [-0.05, 0) is 42.2 Å². The van der Waals surface area contributed by atoms with Crippen LogP contribution in [0.1, 0.15) is 30.0 Å². The minimum absolute atomic E-state index is 0.00161. The van der Waals surface area contributed by atoms with Crippen molar-refractivity contribution in [3.8, 4) is 5.75 Å². The number of carbonyl (C=O) groups excluding carboxylic acids is 2. The molecule has 1 atom stereocenters. The van der Waals surface area contributed by atoms with Crippen molar-refractivity contribution in [1.29, 1.82) is 0 Å². The van der Waals surface area contributed by atoms with Crippen molar-refractivity contribution in [2.75, 3.05) is 13.2 Å². The lowest BCUT2D eigenvalue weighted by Gasteiger charge is -2.32. The Morgan fingerprint density at radius 1 is 0.971 bits per heavy atom. The third-order valence-corrected chi connectivity index (χ3v) is 5.61. The van der Waals surface area contributed by atoms with E-state index in [0.717, 1.165) is 23.1 Å². The number of aryl methyl sites for hydroxylation is 1. The zero-order valence-electron chi connectivity index (χ0n) is 19.7. The monoisotopic (exact) mass is 462 g/mol. The molecule has 0 unspecified atom stereocenters. The molecule has 0 aromatic heterocycles. The number of ether oxygens (including phenoxy) is 1. The van der Waals surface area contributed by atoms with Crippen molar-refractivity contribution in [1.82, 2.24) is 10.2 Å². The minimum atomic E-state index is -0.745. The number of benzene rings is 3. The molecule has 0 heterocycles. The van der Waals surface area contributed by atoms with Gasteiger partial charge < -0.3 is 15.0 Å². The summed E-state index contributed by atoms with van der Waals surface area (Å²) in [4.78, 5) is 28.2. The van der Waals surface area contributed by atoms with Gasteiger partial charge in [0.05, 0.1) is 0 Å². The molecule has 0 fully saturated rings. The van der Waals surface area contributed by atoms with E-state index in [1.165, 1.54) is 12.1 Å². The van der Waals surface area contributed by atoms with Crippen molar-refractivity contribution in [2.24, 2.45) is 0 Å². The molecular weight excluding hydrogens is 431 g/mol. The van der Waals surface area contributed by atoms with Crippen LogP contribution in [-0.4, -0.2) is 35.9 Å². The molecule has 0 radical (unpaired) electrons. The van der Waals surface area contributed by atoms with Crippen LogP contribution in [0.2, 0.25) is 0 Å². The largest absolute Gasteiger partial charge is 0.481 e. The van der Waals surface area contributed by atoms with Crippen molar-refractivity contribution in [3.05, 3.63) is 101 Å². The van der Waals surface area contributed by atoms with E-state index in [4.69, 9.17) is 4.74 Å². The van der Waals surface area contributed by atoms with Gasteiger partial charge in [-0.3, -0.25) is 9.59 Å². The molecule has 5 nitrogen and oxygen atoms in total. The number of rotatable bonds is 11. The van der Waals surface area contributed by atoms with Gasteiger partial charge in [0.2, 0.25) is 5.91 Å². The maximum Gasteiger partial charge on any atom is 0.261 e. The molecule has 34 heavy (non-hydrogen) atoms. The molecule has 0 aliphatic rings. The predicted molar refractivity (Wildman–Crippen MR) is 131 cm³/mol. The third-order valence-electron chi connectivity index (χ3n) is 5.61. The molecule has 6 heteroatoms. The van der Waals surface area contributed by atoms with Gasteiger partial charge in [-0.1, -0.05) is 73.7 Å². The average molecular weight is 463 g/mol. The fourth-order valence-electron chi connectivity index (χ4n) is 3.68. The Bertz CT molecular complexity index is 1090. The molecule has 0 spiro atoms. The topological polar surface area (TPSA) is 58.6 Å². The van der Waals surface area contributed by atoms with E-state index in [9.17, 15) is 14.0 Å². The Hall–Kier alpha value is -3.67. The van der Waals surface area contributed by atoms with Crippen molar-refractivity contribution >= 4 is 11.8 Å². The van der Waals surface area contributed by atoms with E-state index < -0.39 is 11.9 Å². The highest BCUT2D eigenvalue weighted by molar-refractivity contribution is 5.88. The normalized spacial score (nSPS) is 11.5. The van der Waals surface area contributed by atoms with Crippen molar-refractivity contribution < 1.29 is 18.7 Å². The molecular formula is C28H31FN2O3. The average Bonchev–Trinajstić information content (AvgIpc) is 2.85. The van der Waals surface area contributed by atoms with Crippen LogP contribution in [0, 0.1) is 12.7 Å². The number of carbonyl (C=O) groups is 2. The molecule has 3 aromatic carbocycles. The fraction of sp³-hybridized carbons (Fsp3) is 0.286. The maximum atomic E-state index is 14.0. The summed E-state index contributed by atoms with van der Waals surface area (Å²) in [5.74, 6) is -1.15. The summed E-state index contributed by atoms with van der Waals surface area (Å²) in [6.07, 6.45) is 1.14. The van der Waals surface area contributed by atoms with Gasteiger partial charge in [-0.2, -0.15) is 0 Å². The molecule has 0 aliphatic heterocycles. The van der Waals surface area contributed by atoms with Crippen LogP contribution in [0.4, 0.5) is 4.39 Å². The van der Waals surface area contributed by atoms with Crippen LogP contribution in [0.25, 0.3) is 0 Å². The zero-order valence-corrected chi connectivity index (χ0v) is 19.7. The number of nitrogens with one attached hydrogen (secondary N) is 1. The molecule has 2 amide bonds. The molecule has 0 aliphatic carbocycles. The number of amides is 2. The summed E-state index contributed by atoms with van der Waals surface area (Å²) in [6, 6.07) is 22.6. The summed E-state index contributed by atoms with van der Waals surface area (Å²) in [5.41, 5.74) is 2.89. The first kappa shape index (κ1) is 25.0. The number of nitrogens with zero attached hydrogens (tertiary/aromatic N) is 1. The van der Waals surface area contributed by atoms with Gasteiger partial charge in [-0.15, -0.1) is 0 Å². The molecule has 0 bridgehead atoms. The Morgan fingerprint density at radius 3 is 2.35 bits per heavy atom. The smallest absolute Gasteiger partial charge is 0.261 e. The second kappa shape index (κ2) is 12.5. The first-order chi connectivity index (χ1) is 16.5. The van der Waals surface area contributed by atoms with Crippen LogP contribution < -0.4 is 10.1 Å². The molecule has 0 saturated carbocycles. The summed E-state index contributed by atoms with van der Waals surface area (Å²) in [5, 5.41) is 2.94. The highest BCUT2D eigenvalue weighted by Gasteiger charge is 2.31. The number of para-hydroxylation sites is 1. The number of hydrogen-bond donors (Lipinski definition) is 1. The highest BCUT2D eigenvalue weighted by atomic mass is 19.1. The second-order valence-electron chi connectivity index (χ2n) is 8.16. The summed E-state index contributed by atoms with van der Waals surface area (Å²) in [6.45, 7) is 4.33. The van der Waals surface area contributed by atoms with Gasteiger partial charge in [0.25, 0.3) is 5.91 Å². The first-order valence-corrected chi connectivity index (χ1v) is 11.5. The minimum Gasteiger partial charge on any atom is -0.481 e. The summed E-state index contributed by atoms with van der Waals surface area (Å²) >= 11 is 0. The number of halogens is 1. The van der Waals surface area contributed by atoms with Crippen LogP contribution in [-0.2, 0) is 22.6 Å². The highest BCUT2D eigenvalue weighted by Crippen LogP contribution is 2.19. The van der Waals surface area contributed by atoms with Gasteiger partial charge in [0.15, 0.2) is 18.2 Å². The zero-order chi connectivity index (χ0) is 24.3. The van der Waals surface area contributed by atoms with Gasteiger partial charge in [-0.25, -0.2) is 4.39 Å². The van der Waals surface area contributed by atoms with E-state index in [1.54, 1.807) is 17.0 Å². The standard InChI is InChI=1S/C28H31FN2O3/c1-3-17-30-28(33)25(18-22-12-5-4-6-13-22)31(19-23-14-8-7-11-21(23)2)27(32)20-34-26-16-10-9-15-24(26)29/h4-16,25H,3,17-20H2,1-2H3,(H,30,33)/t25-/m1/s1. The fourth-order valence-corrected chi connectivity index (χ4v) is 3.68. The van der Waals surface area contributed by atoms with E-state index in [-0.39, 0.29) is 30.7 Å². The van der Waals surface area contributed by atoms with E-state index >= 15 is 0 Å². The Labute approximate surface area is 200 Å². The predicted octanol–water partition coefficient (Wildman–Crippen LogP) is 4.68. The molecule has 3 rings (SSSR count). The van der Waals surface area contributed by atoms with Crippen LogP contribution in [0.15, 0.2) is 78.9 Å².